The SMILES string of the molecule is Cc1ccc(NS(=O)(=O)c2ccc(-c3cnc(C4CCC4)o3)s2)c(Br)c1. The molecule has 1 fully saturated rings. The van der Waals surface area contributed by atoms with E-state index in [1.165, 1.54) is 17.8 Å². The van der Waals surface area contributed by atoms with Crippen LogP contribution in [0, 0.1) is 6.92 Å². The van der Waals surface area contributed by atoms with E-state index in [1.807, 2.05) is 19.1 Å². The zero-order valence-electron chi connectivity index (χ0n) is 14.0. The van der Waals surface area contributed by atoms with Gasteiger partial charge in [-0.25, -0.2) is 13.4 Å². The molecule has 0 unspecified atom stereocenters. The number of hydrogen-bond donors (Lipinski definition) is 1. The van der Waals surface area contributed by atoms with Crippen LogP contribution in [0.3, 0.4) is 0 Å². The molecule has 2 heterocycles. The number of rotatable bonds is 5. The largest absolute Gasteiger partial charge is 0.440 e. The average molecular weight is 453 g/mol. The van der Waals surface area contributed by atoms with Crippen molar-refractivity contribution in [2.45, 2.75) is 36.3 Å². The van der Waals surface area contributed by atoms with Gasteiger partial charge >= 0.3 is 0 Å². The van der Waals surface area contributed by atoms with Gasteiger partial charge in [-0.3, -0.25) is 4.72 Å². The van der Waals surface area contributed by atoms with E-state index < -0.39 is 10.0 Å². The highest BCUT2D eigenvalue weighted by Crippen LogP contribution is 2.39. The van der Waals surface area contributed by atoms with Gasteiger partial charge in [0.1, 0.15) is 4.21 Å². The van der Waals surface area contributed by atoms with Gasteiger partial charge in [-0.1, -0.05) is 12.5 Å². The zero-order chi connectivity index (χ0) is 18.3. The molecule has 1 aromatic carbocycles. The molecule has 0 spiro atoms. The number of aromatic nitrogens is 1. The summed E-state index contributed by atoms with van der Waals surface area (Å²) in [5, 5.41) is 0. The number of anilines is 1. The summed E-state index contributed by atoms with van der Waals surface area (Å²) in [6, 6.07) is 8.82. The molecular formula is C18H17BrN2O3S2. The van der Waals surface area contributed by atoms with Gasteiger partial charge in [0.15, 0.2) is 11.7 Å². The van der Waals surface area contributed by atoms with Crippen LogP contribution >= 0.6 is 27.3 Å². The topological polar surface area (TPSA) is 72.2 Å². The first-order valence-corrected chi connectivity index (χ1v) is 11.4. The van der Waals surface area contributed by atoms with E-state index in [-0.39, 0.29) is 4.21 Å². The number of halogens is 1. The molecule has 0 aliphatic heterocycles. The van der Waals surface area contributed by atoms with E-state index in [0.717, 1.165) is 29.2 Å². The third-order valence-electron chi connectivity index (χ3n) is 4.44. The van der Waals surface area contributed by atoms with E-state index >= 15 is 0 Å². The van der Waals surface area contributed by atoms with Crippen molar-refractivity contribution in [1.29, 1.82) is 0 Å². The molecule has 5 nitrogen and oxygen atoms in total. The molecule has 0 radical (unpaired) electrons. The Morgan fingerprint density at radius 1 is 1.27 bits per heavy atom. The van der Waals surface area contributed by atoms with Crippen LogP contribution in [0.1, 0.15) is 36.6 Å². The molecule has 2 aromatic heterocycles. The maximum atomic E-state index is 12.7. The summed E-state index contributed by atoms with van der Waals surface area (Å²) in [4.78, 5) is 5.10. The standard InChI is InChI=1S/C18H17BrN2O3S2/c1-11-5-6-14(13(19)9-11)21-26(22,23)17-8-7-16(25-17)15-10-20-18(24-15)12-3-2-4-12/h5-10,12,21H,2-4H2,1H3. The Morgan fingerprint density at radius 2 is 2.08 bits per heavy atom. The van der Waals surface area contributed by atoms with Crippen LogP contribution < -0.4 is 4.72 Å². The van der Waals surface area contributed by atoms with Crippen LogP contribution in [0.15, 0.2) is 49.6 Å². The normalized spacial score (nSPS) is 15.0. The summed E-state index contributed by atoms with van der Waals surface area (Å²) < 4.78 is 34.8. The molecule has 1 aliphatic rings. The monoisotopic (exact) mass is 452 g/mol. The van der Waals surface area contributed by atoms with Crippen LogP contribution in [0.2, 0.25) is 0 Å². The van der Waals surface area contributed by atoms with Crippen LogP contribution in [0.25, 0.3) is 10.6 Å². The van der Waals surface area contributed by atoms with E-state index in [1.54, 1.807) is 24.4 Å². The van der Waals surface area contributed by atoms with Crippen molar-refractivity contribution < 1.29 is 12.8 Å². The van der Waals surface area contributed by atoms with Gasteiger partial charge in [-0.05, 0) is 65.5 Å². The van der Waals surface area contributed by atoms with E-state index in [0.29, 0.717) is 21.8 Å². The second-order valence-corrected chi connectivity index (χ2v) is 10.2. The lowest BCUT2D eigenvalue weighted by molar-refractivity contribution is 0.338. The maximum Gasteiger partial charge on any atom is 0.271 e. The van der Waals surface area contributed by atoms with Crippen molar-refractivity contribution in [3.63, 3.8) is 0 Å². The number of thiophene rings is 1. The number of benzene rings is 1. The van der Waals surface area contributed by atoms with Gasteiger partial charge in [-0.15, -0.1) is 11.3 Å². The number of nitrogens with one attached hydrogen (secondary N) is 1. The van der Waals surface area contributed by atoms with Gasteiger partial charge in [0.2, 0.25) is 0 Å². The summed E-state index contributed by atoms with van der Waals surface area (Å²) in [5.41, 5.74) is 1.56. The molecule has 26 heavy (non-hydrogen) atoms. The molecule has 0 bridgehead atoms. The van der Waals surface area contributed by atoms with E-state index in [9.17, 15) is 8.42 Å². The van der Waals surface area contributed by atoms with Gasteiger partial charge in [-0.2, -0.15) is 0 Å². The molecule has 4 rings (SSSR count). The fourth-order valence-corrected chi connectivity index (χ4v) is 5.80. The molecule has 0 amide bonds. The first-order valence-electron chi connectivity index (χ1n) is 8.27. The lowest BCUT2D eigenvalue weighted by Gasteiger charge is -2.21. The zero-order valence-corrected chi connectivity index (χ0v) is 17.2. The average Bonchev–Trinajstić information content (AvgIpc) is 3.17. The summed E-state index contributed by atoms with van der Waals surface area (Å²) in [6.07, 6.45) is 5.11. The third kappa shape index (κ3) is 3.45. The van der Waals surface area contributed by atoms with Crippen molar-refractivity contribution in [3.8, 4) is 10.6 Å². The smallest absolute Gasteiger partial charge is 0.271 e. The second kappa shape index (κ2) is 6.83. The third-order valence-corrected chi connectivity index (χ3v) is 8.05. The molecule has 8 heteroatoms. The fraction of sp³-hybridized carbons (Fsp3) is 0.278. The van der Waals surface area contributed by atoms with Gasteiger partial charge in [0, 0.05) is 10.4 Å². The van der Waals surface area contributed by atoms with Crippen molar-refractivity contribution in [1.82, 2.24) is 4.98 Å². The molecule has 1 N–H and O–H groups in total. The van der Waals surface area contributed by atoms with Crippen LogP contribution in [0.4, 0.5) is 5.69 Å². The summed E-state index contributed by atoms with van der Waals surface area (Å²) in [6.45, 7) is 1.95. The van der Waals surface area contributed by atoms with Crippen LogP contribution in [0.5, 0.6) is 0 Å². The molecule has 3 aromatic rings. The molecular weight excluding hydrogens is 436 g/mol. The highest BCUT2D eigenvalue weighted by Gasteiger charge is 2.25. The minimum atomic E-state index is -3.66. The van der Waals surface area contributed by atoms with Gasteiger partial charge in [0.05, 0.1) is 16.8 Å². The number of hydrogen-bond acceptors (Lipinski definition) is 5. The minimum absolute atomic E-state index is 0.238. The predicted octanol–water partition coefficient (Wildman–Crippen LogP) is 5.54. The van der Waals surface area contributed by atoms with E-state index in [2.05, 4.69) is 25.6 Å². The van der Waals surface area contributed by atoms with Crippen LogP contribution in [-0.4, -0.2) is 13.4 Å². The lowest BCUT2D eigenvalue weighted by atomic mass is 9.85. The first kappa shape index (κ1) is 17.8. The predicted molar refractivity (Wildman–Crippen MR) is 106 cm³/mol. The molecule has 0 atom stereocenters. The molecule has 136 valence electrons. The van der Waals surface area contributed by atoms with Crippen molar-refractivity contribution in [2.24, 2.45) is 0 Å². The quantitative estimate of drug-likeness (QED) is 0.551. The Bertz CT molecular complexity index is 1050. The lowest BCUT2D eigenvalue weighted by Crippen LogP contribution is -2.11. The Kier molecular flexibility index (Phi) is 4.66. The number of sulfonamides is 1. The molecule has 1 saturated carbocycles. The summed E-state index contributed by atoms with van der Waals surface area (Å²) in [7, 11) is -3.66. The molecule has 1 aliphatic carbocycles. The molecule has 0 saturated heterocycles. The highest BCUT2D eigenvalue weighted by atomic mass is 79.9. The Hall–Kier alpha value is -1.64. The highest BCUT2D eigenvalue weighted by molar-refractivity contribution is 9.10. The second-order valence-electron chi connectivity index (χ2n) is 6.40. The first-order chi connectivity index (χ1) is 12.4. The van der Waals surface area contributed by atoms with E-state index in [4.69, 9.17) is 4.42 Å². The maximum absolute atomic E-state index is 12.7. The number of oxazole rings is 1. The minimum Gasteiger partial charge on any atom is -0.440 e. The summed E-state index contributed by atoms with van der Waals surface area (Å²) >= 11 is 4.57. The van der Waals surface area contributed by atoms with Crippen molar-refractivity contribution in [2.75, 3.05) is 4.72 Å². The van der Waals surface area contributed by atoms with Gasteiger partial charge < -0.3 is 4.42 Å². The Balaban J connectivity index is 1.57. The number of aryl methyl sites for hydroxylation is 1. The summed E-state index contributed by atoms with van der Waals surface area (Å²) in [5.74, 6) is 1.79. The fourth-order valence-electron chi connectivity index (χ4n) is 2.74. The van der Waals surface area contributed by atoms with Gasteiger partial charge in [0.25, 0.3) is 10.0 Å². The van der Waals surface area contributed by atoms with Crippen LogP contribution in [-0.2, 0) is 10.0 Å². The number of nitrogens with zero attached hydrogens (tertiary/aromatic N) is 1. The van der Waals surface area contributed by atoms with Crippen molar-refractivity contribution in [3.05, 3.63) is 52.5 Å². The Labute approximate surface area is 164 Å². The van der Waals surface area contributed by atoms with Crippen molar-refractivity contribution >= 4 is 43.0 Å². The Morgan fingerprint density at radius 3 is 2.77 bits per heavy atom.